The minimum absolute atomic E-state index is 0.0266. The van der Waals surface area contributed by atoms with Crippen LogP contribution in [0, 0.1) is 0 Å². The standard InChI is InChI=1S/C10H16IN3OS/c1-2-8-9(16-14-13-8)10(15)12-7-5-3-4-6-11/h2-7H2,1H3,(H,12,15). The number of hydrogen-bond donors (Lipinski definition) is 1. The van der Waals surface area contributed by atoms with E-state index in [1.807, 2.05) is 6.92 Å². The number of nitrogens with one attached hydrogen (secondary N) is 1. The molecule has 0 spiro atoms. The number of alkyl halides is 1. The van der Waals surface area contributed by atoms with Gasteiger partial charge in [-0.1, -0.05) is 40.4 Å². The van der Waals surface area contributed by atoms with Crippen molar-refractivity contribution in [3.63, 3.8) is 0 Å². The van der Waals surface area contributed by atoms with Gasteiger partial charge in [-0.15, -0.1) is 5.10 Å². The lowest BCUT2D eigenvalue weighted by Gasteiger charge is -2.03. The summed E-state index contributed by atoms with van der Waals surface area (Å²) in [5.41, 5.74) is 0.801. The van der Waals surface area contributed by atoms with E-state index in [1.54, 1.807) is 0 Å². The van der Waals surface area contributed by atoms with Gasteiger partial charge in [0.1, 0.15) is 4.88 Å². The summed E-state index contributed by atoms with van der Waals surface area (Å²) in [4.78, 5) is 12.4. The second kappa shape index (κ2) is 7.94. The Morgan fingerprint density at radius 2 is 2.25 bits per heavy atom. The van der Waals surface area contributed by atoms with Crippen LogP contribution in [0.2, 0.25) is 0 Å². The third-order valence-electron chi connectivity index (χ3n) is 2.19. The van der Waals surface area contributed by atoms with Gasteiger partial charge in [0.05, 0.1) is 5.69 Å². The molecule has 0 unspecified atom stereocenters. The van der Waals surface area contributed by atoms with Gasteiger partial charge >= 0.3 is 0 Å². The Balaban J connectivity index is 2.30. The topological polar surface area (TPSA) is 54.9 Å². The molecule has 1 heterocycles. The summed E-state index contributed by atoms with van der Waals surface area (Å²) in [7, 11) is 0. The smallest absolute Gasteiger partial charge is 0.264 e. The van der Waals surface area contributed by atoms with Gasteiger partial charge in [0.15, 0.2) is 0 Å². The number of unbranched alkanes of at least 4 members (excludes halogenated alkanes) is 2. The van der Waals surface area contributed by atoms with Gasteiger partial charge in [0, 0.05) is 6.54 Å². The van der Waals surface area contributed by atoms with Crippen LogP contribution in [0.3, 0.4) is 0 Å². The molecule has 0 aliphatic heterocycles. The second-order valence-electron chi connectivity index (χ2n) is 3.41. The summed E-state index contributed by atoms with van der Waals surface area (Å²) < 4.78 is 4.99. The quantitative estimate of drug-likeness (QED) is 0.465. The van der Waals surface area contributed by atoms with Gasteiger partial charge < -0.3 is 5.32 Å². The molecule has 4 nitrogen and oxygen atoms in total. The predicted molar refractivity (Wildman–Crippen MR) is 74.4 cm³/mol. The van der Waals surface area contributed by atoms with Crippen LogP contribution in [0.5, 0.6) is 0 Å². The van der Waals surface area contributed by atoms with Crippen LogP contribution in [0.25, 0.3) is 0 Å². The molecule has 1 rings (SSSR count). The number of halogens is 1. The lowest BCUT2D eigenvalue weighted by molar-refractivity contribution is 0.0956. The van der Waals surface area contributed by atoms with Gasteiger partial charge in [-0.3, -0.25) is 4.79 Å². The Kier molecular flexibility index (Phi) is 6.86. The van der Waals surface area contributed by atoms with Crippen molar-refractivity contribution in [2.24, 2.45) is 0 Å². The van der Waals surface area contributed by atoms with Crippen LogP contribution in [0.1, 0.15) is 41.6 Å². The van der Waals surface area contributed by atoms with Gasteiger partial charge in [0.25, 0.3) is 5.91 Å². The largest absolute Gasteiger partial charge is 0.351 e. The zero-order valence-electron chi connectivity index (χ0n) is 9.33. The number of carbonyl (C=O) groups excluding carboxylic acids is 1. The monoisotopic (exact) mass is 353 g/mol. The molecule has 16 heavy (non-hydrogen) atoms. The van der Waals surface area contributed by atoms with Crippen molar-refractivity contribution >= 4 is 40.0 Å². The normalized spacial score (nSPS) is 10.4. The van der Waals surface area contributed by atoms with E-state index < -0.39 is 0 Å². The molecule has 0 aromatic carbocycles. The molecule has 1 aromatic rings. The molecule has 0 aliphatic rings. The first-order chi connectivity index (χ1) is 7.79. The summed E-state index contributed by atoms with van der Waals surface area (Å²) >= 11 is 3.54. The number of carbonyl (C=O) groups is 1. The lowest BCUT2D eigenvalue weighted by Crippen LogP contribution is -2.24. The van der Waals surface area contributed by atoms with E-state index in [2.05, 4.69) is 37.5 Å². The number of hydrogen-bond acceptors (Lipinski definition) is 4. The first kappa shape index (κ1) is 13.8. The van der Waals surface area contributed by atoms with Gasteiger partial charge in [-0.25, -0.2) is 0 Å². The molecule has 90 valence electrons. The Morgan fingerprint density at radius 3 is 2.94 bits per heavy atom. The highest BCUT2D eigenvalue weighted by Crippen LogP contribution is 2.10. The highest BCUT2D eigenvalue weighted by Gasteiger charge is 2.13. The number of nitrogens with zero attached hydrogens (tertiary/aromatic N) is 2. The summed E-state index contributed by atoms with van der Waals surface area (Å²) in [5, 5.41) is 6.83. The van der Waals surface area contributed by atoms with E-state index in [1.165, 1.54) is 28.8 Å². The molecule has 0 radical (unpaired) electrons. The maximum atomic E-state index is 11.7. The second-order valence-corrected chi connectivity index (χ2v) is 5.24. The highest BCUT2D eigenvalue weighted by molar-refractivity contribution is 14.1. The Hall–Kier alpha value is -0.240. The average Bonchev–Trinajstić information content (AvgIpc) is 2.76. The fourth-order valence-electron chi connectivity index (χ4n) is 1.29. The predicted octanol–water partition coefficient (Wildman–Crippen LogP) is 2.44. The Labute approximate surface area is 114 Å². The van der Waals surface area contributed by atoms with Gasteiger partial charge in [-0.05, 0) is 35.2 Å². The first-order valence-electron chi connectivity index (χ1n) is 5.45. The molecule has 1 N–H and O–H groups in total. The maximum absolute atomic E-state index is 11.7. The highest BCUT2D eigenvalue weighted by atomic mass is 127. The van der Waals surface area contributed by atoms with Crippen LogP contribution >= 0.6 is 34.1 Å². The van der Waals surface area contributed by atoms with Crippen molar-refractivity contribution in [3.8, 4) is 0 Å². The Morgan fingerprint density at radius 1 is 1.44 bits per heavy atom. The van der Waals surface area contributed by atoms with Crippen molar-refractivity contribution in [2.45, 2.75) is 32.6 Å². The van der Waals surface area contributed by atoms with E-state index in [9.17, 15) is 4.79 Å². The maximum Gasteiger partial charge on any atom is 0.264 e. The fraction of sp³-hybridized carbons (Fsp3) is 0.700. The number of aryl methyl sites for hydroxylation is 1. The van der Waals surface area contributed by atoms with Crippen molar-refractivity contribution in [2.75, 3.05) is 11.0 Å². The van der Waals surface area contributed by atoms with Crippen LogP contribution in [-0.2, 0) is 6.42 Å². The average molecular weight is 353 g/mol. The molecular formula is C10H16IN3OS. The van der Waals surface area contributed by atoms with E-state index in [0.717, 1.165) is 25.1 Å². The number of aromatic nitrogens is 2. The molecule has 1 aromatic heterocycles. The van der Waals surface area contributed by atoms with Crippen LogP contribution in [-0.4, -0.2) is 26.5 Å². The molecule has 6 heteroatoms. The van der Waals surface area contributed by atoms with Gasteiger partial charge in [0.2, 0.25) is 0 Å². The zero-order chi connectivity index (χ0) is 11.8. The van der Waals surface area contributed by atoms with Crippen molar-refractivity contribution in [3.05, 3.63) is 10.6 Å². The summed E-state index contributed by atoms with van der Waals surface area (Å²) in [6.45, 7) is 2.73. The fourth-order valence-corrected chi connectivity index (χ4v) is 2.50. The van der Waals surface area contributed by atoms with Gasteiger partial charge in [-0.2, -0.15) is 0 Å². The summed E-state index contributed by atoms with van der Waals surface area (Å²) in [6, 6.07) is 0. The molecule has 0 atom stereocenters. The van der Waals surface area contributed by atoms with E-state index in [0.29, 0.717) is 4.88 Å². The van der Waals surface area contributed by atoms with Crippen molar-refractivity contribution in [1.29, 1.82) is 0 Å². The van der Waals surface area contributed by atoms with Crippen molar-refractivity contribution < 1.29 is 4.79 Å². The molecular weight excluding hydrogens is 337 g/mol. The molecule has 0 bridgehead atoms. The molecule has 0 saturated carbocycles. The number of amides is 1. The van der Waals surface area contributed by atoms with E-state index in [-0.39, 0.29) is 5.91 Å². The van der Waals surface area contributed by atoms with Crippen LogP contribution in [0.15, 0.2) is 0 Å². The zero-order valence-corrected chi connectivity index (χ0v) is 12.3. The summed E-state index contributed by atoms with van der Waals surface area (Å²) in [5.74, 6) is -0.0266. The molecule has 0 saturated heterocycles. The van der Waals surface area contributed by atoms with E-state index >= 15 is 0 Å². The SMILES string of the molecule is CCc1nnsc1C(=O)NCCCCCI. The Bertz CT molecular complexity index is 330. The molecule has 1 amide bonds. The first-order valence-corrected chi connectivity index (χ1v) is 7.74. The molecule has 0 aliphatic carbocycles. The van der Waals surface area contributed by atoms with E-state index in [4.69, 9.17) is 0 Å². The minimum Gasteiger partial charge on any atom is -0.351 e. The summed E-state index contributed by atoms with van der Waals surface area (Å²) in [6.07, 6.45) is 4.19. The number of rotatable bonds is 7. The third kappa shape index (κ3) is 4.32. The minimum atomic E-state index is -0.0266. The third-order valence-corrected chi connectivity index (χ3v) is 3.72. The lowest BCUT2D eigenvalue weighted by atomic mass is 10.2. The molecule has 0 fully saturated rings. The van der Waals surface area contributed by atoms with Crippen LogP contribution < -0.4 is 5.32 Å². The van der Waals surface area contributed by atoms with Crippen LogP contribution in [0.4, 0.5) is 0 Å². The van der Waals surface area contributed by atoms with Crippen molar-refractivity contribution in [1.82, 2.24) is 14.9 Å².